The first kappa shape index (κ1) is 62.0. The van der Waals surface area contributed by atoms with Gasteiger partial charge in [0.2, 0.25) is 0 Å². The van der Waals surface area contributed by atoms with Gasteiger partial charge in [0.1, 0.15) is 19.8 Å². The Balaban J connectivity index is 4.83. The fraction of sp³-hybridized carbons (Fsp3) is 0.774. The monoisotopic (exact) mass is 935 g/mol. The molecule has 66 heavy (non-hydrogen) atoms. The summed E-state index contributed by atoms with van der Waals surface area (Å²) in [6.07, 6.45) is 34.3. The number of aliphatic hydroxyl groups excluding tert-OH is 1. The summed E-state index contributed by atoms with van der Waals surface area (Å²) in [6, 6.07) is 0. The molecule has 0 heterocycles. The van der Waals surface area contributed by atoms with Gasteiger partial charge in [-0.3, -0.25) is 28.8 Å². The minimum atomic E-state index is -1.39. The molecule has 0 aliphatic carbocycles. The highest BCUT2D eigenvalue weighted by atomic mass is 16.6. The minimum Gasteiger partial charge on any atom is -0.465 e. The molecule has 0 aromatic carbocycles. The first-order valence-electron chi connectivity index (χ1n) is 25.6. The third-order valence-corrected chi connectivity index (χ3v) is 10.8. The summed E-state index contributed by atoms with van der Waals surface area (Å²) in [5.41, 5.74) is -1.39. The molecule has 0 bridgehead atoms. The molecule has 1 N–H and O–H groups in total. The number of ether oxygens (including phenoxy) is 6. The molecule has 0 aliphatic rings. The standard InChI is InChI=1S/C53H90O13/c1-4-7-10-13-16-19-31-40-61-47(55)34-25-22-28-37-50(58)64-44-53(43-54,45-65-51(59)38-29-23-26-35-48(56)62-41-32-20-17-14-11-8-5-2)46-66-52(60)39-30-24-27-36-49(57)63-42-33-21-18-15-12-9-6-3/h16-21,54H,4-15,22-46H2,1-3H3/b19-16-,20-17-,21-18-. The summed E-state index contributed by atoms with van der Waals surface area (Å²) < 4.78 is 32.4. The van der Waals surface area contributed by atoms with E-state index in [1.807, 2.05) is 18.2 Å². The van der Waals surface area contributed by atoms with E-state index in [-0.39, 0.29) is 76.3 Å². The SMILES string of the molecule is CCCCC/C=C\CCOC(=O)CCCCCC(=O)OCC(CO)(COC(=O)CCCCCC(=O)OCC/C=C\CCCCC)COC(=O)CCCCCC(=O)OCC/C=C\CCCCC. The van der Waals surface area contributed by atoms with Crippen LogP contribution in [0.15, 0.2) is 36.5 Å². The van der Waals surface area contributed by atoms with Crippen LogP contribution in [0.25, 0.3) is 0 Å². The number of carbonyl (C=O) groups is 6. The van der Waals surface area contributed by atoms with Crippen molar-refractivity contribution in [3.8, 4) is 0 Å². The molecule has 0 saturated carbocycles. The fourth-order valence-corrected chi connectivity index (χ4v) is 6.51. The van der Waals surface area contributed by atoms with E-state index in [4.69, 9.17) is 28.4 Å². The molecular formula is C53H90O13. The van der Waals surface area contributed by atoms with Crippen molar-refractivity contribution in [3.63, 3.8) is 0 Å². The maximum Gasteiger partial charge on any atom is 0.305 e. The Morgan fingerprint density at radius 1 is 0.333 bits per heavy atom. The molecule has 0 aromatic rings. The van der Waals surface area contributed by atoms with Gasteiger partial charge < -0.3 is 33.5 Å². The Bertz CT molecular complexity index is 1180. The third-order valence-electron chi connectivity index (χ3n) is 10.8. The van der Waals surface area contributed by atoms with Gasteiger partial charge in [-0.25, -0.2) is 0 Å². The average molecular weight is 935 g/mol. The van der Waals surface area contributed by atoms with Crippen molar-refractivity contribution < 1.29 is 62.3 Å². The molecule has 0 aliphatic heterocycles. The van der Waals surface area contributed by atoms with E-state index in [9.17, 15) is 33.9 Å². The summed E-state index contributed by atoms with van der Waals surface area (Å²) in [4.78, 5) is 74.5. The largest absolute Gasteiger partial charge is 0.465 e. The lowest BCUT2D eigenvalue weighted by atomic mass is 9.92. The predicted octanol–water partition coefficient (Wildman–Crippen LogP) is 11.7. The Kier molecular flexibility index (Phi) is 43.3. The maximum atomic E-state index is 12.7. The summed E-state index contributed by atoms with van der Waals surface area (Å²) in [6.45, 7) is 5.89. The zero-order valence-electron chi connectivity index (χ0n) is 41.5. The van der Waals surface area contributed by atoms with Gasteiger partial charge in [0.25, 0.3) is 0 Å². The quantitative estimate of drug-likeness (QED) is 0.0264. The van der Waals surface area contributed by atoms with Crippen LogP contribution in [0.1, 0.15) is 213 Å². The smallest absolute Gasteiger partial charge is 0.305 e. The highest BCUT2D eigenvalue weighted by molar-refractivity contribution is 5.71. The second-order valence-electron chi connectivity index (χ2n) is 17.3. The van der Waals surface area contributed by atoms with E-state index < -0.39 is 29.9 Å². The van der Waals surface area contributed by atoms with Gasteiger partial charge in [0.05, 0.1) is 31.8 Å². The molecule has 380 valence electrons. The van der Waals surface area contributed by atoms with Gasteiger partial charge in [-0.1, -0.05) is 115 Å². The van der Waals surface area contributed by atoms with Gasteiger partial charge >= 0.3 is 35.8 Å². The number of unbranched alkanes of at least 4 members (excludes halogenated alkanes) is 15. The second kappa shape index (κ2) is 46.1. The van der Waals surface area contributed by atoms with Crippen LogP contribution in [-0.4, -0.2) is 87.2 Å². The normalized spacial score (nSPS) is 11.6. The summed E-state index contributed by atoms with van der Waals surface area (Å²) >= 11 is 0. The Hall–Kier alpha value is -4.00. The van der Waals surface area contributed by atoms with Crippen LogP contribution < -0.4 is 0 Å². The van der Waals surface area contributed by atoms with Gasteiger partial charge in [0.15, 0.2) is 0 Å². The molecule has 0 unspecified atom stereocenters. The summed E-state index contributed by atoms with van der Waals surface area (Å²) in [7, 11) is 0. The van der Waals surface area contributed by atoms with Gasteiger partial charge in [0, 0.05) is 38.5 Å². The molecule has 0 amide bonds. The topological polar surface area (TPSA) is 178 Å². The van der Waals surface area contributed by atoms with Crippen LogP contribution in [-0.2, 0) is 57.2 Å². The van der Waals surface area contributed by atoms with Crippen LogP contribution in [0.2, 0.25) is 0 Å². The number of hydrogen-bond acceptors (Lipinski definition) is 13. The molecule has 0 saturated heterocycles. The molecule has 0 fully saturated rings. The highest BCUT2D eigenvalue weighted by Gasteiger charge is 2.35. The van der Waals surface area contributed by atoms with E-state index in [1.165, 1.54) is 38.5 Å². The van der Waals surface area contributed by atoms with Crippen molar-refractivity contribution in [2.75, 3.05) is 46.2 Å². The van der Waals surface area contributed by atoms with Crippen molar-refractivity contribution in [1.29, 1.82) is 0 Å². The van der Waals surface area contributed by atoms with E-state index in [2.05, 4.69) is 39.0 Å². The molecule has 13 heteroatoms. The molecule has 13 nitrogen and oxygen atoms in total. The molecule has 0 atom stereocenters. The third kappa shape index (κ3) is 41.4. The second-order valence-corrected chi connectivity index (χ2v) is 17.3. The van der Waals surface area contributed by atoms with Crippen molar-refractivity contribution in [2.24, 2.45) is 5.41 Å². The van der Waals surface area contributed by atoms with Crippen LogP contribution in [0.4, 0.5) is 0 Å². The Morgan fingerprint density at radius 3 is 0.818 bits per heavy atom. The van der Waals surface area contributed by atoms with Gasteiger partial charge in [-0.15, -0.1) is 0 Å². The number of rotatable bonds is 46. The summed E-state index contributed by atoms with van der Waals surface area (Å²) in [5.74, 6) is -2.41. The predicted molar refractivity (Wildman–Crippen MR) is 258 cm³/mol. The Labute approximate surface area is 398 Å². The van der Waals surface area contributed by atoms with Gasteiger partial charge in [-0.2, -0.15) is 0 Å². The van der Waals surface area contributed by atoms with Crippen LogP contribution in [0, 0.1) is 5.41 Å². The van der Waals surface area contributed by atoms with Crippen molar-refractivity contribution in [2.45, 2.75) is 213 Å². The van der Waals surface area contributed by atoms with Gasteiger partial charge in [-0.05, 0) is 96.3 Å². The lowest BCUT2D eigenvalue weighted by molar-refractivity contribution is -0.165. The number of aliphatic hydroxyl groups is 1. The number of carbonyl (C=O) groups excluding carboxylic acids is 6. The summed E-state index contributed by atoms with van der Waals surface area (Å²) in [5, 5.41) is 10.5. The van der Waals surface area contributed by atoms with Crippen LogP contribution >= 0.6 is 0 Å². The molecule has 0 radical (unpaired) electrons. The van der Waals surface area contributed by atoms with Crippen molar-refractivity contribution in [3.05, 3.63) is 36.5 Å². The average Bonchev–Trinajstić information content (AvgIpc) is 3.31. The molecule has 0 aromatic heterocycles. The molecule has 0 rings (SSSR count). The maximum absolute atomic E-state index is 12.7. The molecule has 0 spiro atoms. The van der Waals surface area contributed by atoms with E-state index >= 15 is 0 Å². The number of hydrogen-bond donors (Lipinski definition) is 1. The minimum absolute atomic E-state index is 0.0758. The number of allylic oxidation sites excluding steroid dienone is 3. The zero-order chi connectivity index (χ0) is 48.6. The van der Waals surface area contributed by atoms with Crippen molar-refractivity contribution >= 4 is 35.8 Å². The van der Waals surface area contributed by atoms with E-state index in [0.717, 1.165) is 38.5 Å². The first-order chi connectivity index (χ1) is 32.1. The Morgan fingerprint density at radius 2 is 0.576 bits per heavy atom. The molecular weight excluding hydrogens is 845 g/mol. The van der Waals surface area contributed by atoms with Crippen molar-refractivity contribution in [1.82, 2.24) is 0 Å². The van der Waals surface area contributed by atoms with Crippen LogP contribution in [0.3, 0.4) is 0 Å². The highest BCUT2D eigenvalue weighted by Crippen LogP contribution is 2.22. The fourth-order valence-electron chi connectivity index (χ4n) is 6.51. The zero-order valence-corrected chi connectivity index (χ0v) is 41.5. The van der Waals surface area contributed by atoms with E-state index in [1.54, 1.807) is 0 Å². The van der Waals surface area contributed by atoms with Crippen LogP contribution in [0.5, 0.6) is 0 Å². The first-order valence-corrected chi connectivity index (χ1v) is 25.6. The lowest BCUT2D eigenvalue weighted by Crippen LogP contribution is -2.42. The number of esters is 6. The lowest BCUT2D eigenvalue weighted by Gasteiger charge is -2.30. The van der Waals surface area contributed by atoms with E-state index in [0.29, 0.717) is 96.9 Å².